The molecule has 0 bridgehead atoms. The summed E-state index contributed by atoms with van der Waals surface area (Å²) in [6.45, 7) is 1.12. The lowest BCUT2D eigenvalue weighted by Gasteiger charge is -2.16. The first-order valence-electron chi connectivity index (χ1n) is 4.34. The van der Waals surface area contributed by atoms with Crippen molar-refractivity contribution in [1.29, 1.82) is 0 Å². The number of halogens is 1. The van der Waals surface area contributed by atoms with Crippen molar-refractivity contribution in [3.8, 4) is 0 Å². The molecule has 1 aliphatic rings. The largest absolute Gasteiger partial charge is 1.00 e. The SMILES string of the molecule is COC(=O)[C@@H]([NH3+])CN1CCCC1=O.[Cl-]. The Morgan fingerprint density at radius 3 is 2.79 bits per heavy atom. The smallest absolute Gasteiger partial charge is 0.366 e. The van der Waals surface area contributed by atoms with Crippen molar-refractivity contribution in [2.24, 2.45) is 0 Å². The van der Waals surface area contributed by atoms with Crippen LogP contribution in [-0.2, 0) is 14.3 Å². The maximum atomic E-state index is 11.2. The molecule has 14 heavy (non-hydrogen) atoms. The van der Waals surface area contributed by atoms with Crippen molar-refractivity contribution < 1.29 is 32.5 Å². The number of methoxy groups -OCH3 is 1. The number of nitrogens with zero attached hydrogens (tertiary/aromatic N) is 1. The molecular weight excluding hydrogens is 208 g/mol. The van der Waals surface area contributed by atoms with E-state index in [0.29, 0.717) is 13.0 Å². The van der Waals surface area contributed by atoms with E-state index in [2.05, 4.69) is 10.5 Å². The van der Waals surface area contributed by atoms with Crippen LogP contribution in [0.3, 0.4) is 0 Å². The molecule has 82 valence electrons. The Bertz CT molecular complexity index is 223. The van der Waals surface area contributed by atoms with E-state index in [0.717, 1.165) is 13.0 Å². The van der Waals surface area contributed by atoms with Crippen molar-refractivity contribution in [2.45, 2.75) is 18.9 Å². The van der Waals surface area contributed by atoms with Gasteiger partial charge in [0.2, 0.25) is 11.9 Å². The minimum atomic E-state index is -0.466. The lowest BCUT2D eigenvalue weighted by atomic mass is 10.3. The standard InChI is InChI=1S/C8H14N2O3.ClH/c1-13-8(12)6(9)5-10-4-2-3-7(10)11;/h6H,2-5,9H2,1H3;1H/t6-;/m0./s1. The van der Waals surface area contributed by atoms with E-state index >= 15 is 0 Å². The summed E-state index contributed by atoms with van der Waals surface area (Å²) in [6, 6.07) is -0.466. The van der Waals surface area contributed by atoms with Crippen molar-refractivity contribution in [3.05, 3.63) is 0 Å². The van der Waals surface area contributed by atoms with Crippen LogP contribution >= 0.6 is 0 Å². The van der Waals surface area contributed by atoms with Crippen LogP contribution in [-0.4, -0.2) is 43.0 Å². The van der Waals surface area contributed by atoms with Gasteiger partial charge in [-0.15, -0.1) is 0 Å². The minimum Gasteiger partial charge on any atom is -1.00 e. The number of carbonyl (C=O) groups is 2. The molecule has 1 amide bonds. The van der Waals surface area contributed by atoms with Gasteiger partial charge in [-0.1, -0.05) is 0 Å². The Hall–Kier alpha value is -0.810. The summed E-state index contributed by atoms with van der Waals surface area (Å²) in [7, 11) is 1.33. The zero-order chi connectivity index (χ0) is 9.84. The predicted octanol–water partition coefficient (Wildman–Crippen LogP) is -4.60. The van der Waals surface area contributed by atoms with Gasteiger partial charge in [0.25, 0.3) is 0 Å². The molecule has 1 aliphatic heterocycles. The highest BCUT2D eigenvalue weighted by Gasteiger charge is 2.27. The van der Waals surface area contributed by atoms with Crippen molar-refractivity contribution >= 4 is 11.9 Å². The zero-order valence-electron chi connectivity index (χ0n) is 8.16. The fourth-order valence-corrected chi connectivity index (χ4v) is 1.40. The third kappa shape index (κ3) is 3.16. The summed E-state index contributed by atoms with van der Waals surface area (Å²) < 4.78 is 4.52. The molecule has 0 saturated carbocycles. The Morgan fingerprint density at radius 1 is 1.71 bits per heavy atom. The quantitative estimate of drug-likeness (QED) is 0.489. The third-order valence-electron chi connectivity index (χ3n) is 2.15. The molecule has 0 aromatic carbocycles. The first kappa shape index (κ1) is 13.2. The van der Waals surface area contributed by atoms with Gasteiger partial charge in [-0.05, 0) is 6.42 Å². The van der Waals surface area contributed by atoms with Crippen LogP contribution in [0.4, 0.5) is 0 Å². The van der Waals surface area contributed by atoms with Crippen LogP contribution in [0.2, 0.25) is 0 Å². The molecule has 1 fully saturated rings. The molecule has 0 aromatic heterocycles. The third-order valence-corrected chi connectivity index (χ3v) is 2.15. The number of ether oxygens (including phenoxy) is 1. The van der Waals surface area contributed by atoms with Gasteiger partial charge in [-0.25, -0.2) is 4.79 Å². The van der Waals surface area contributed by atoms with E-state index in [1.165, 1.54) is 7.11 Å². The number of carbonyl (C=O) groups excluding carboxylic acids is 2. The number of amides is 1. The minimum absolute atomic E-state index is 0. The highest BCUT2D eigenvalue weighted by atomic mass is 35.5. The van der Waals surface area contributed by atoms with Crippen LogP contribution in [0.25, 0.3) is 0 Å². The molecular formula is C8H15ClN2O3. The molecule has 0 aliphatic carbocycles. The fourth-order valence-electron chi connectivity index (χ4n) is 1.40. The molecule has 1 atom stereocenters. The summed E-state index contributed by atoms with van der Waals surface area (Å²) >= 11 is 0. The number of quaternary nitrogens is 1. The summed E-state index contributed by atoms with van der Waals surface area (Å²) in [5.74, 6) is -0.253. The van der Waals surface area contributed by atoms with Gasteiger partial charge in [-0.3, -0.25) is 4.79 Å². The van der Waals surface area contributed by atoms with Crippen LogP contribution < -0.4 is 18.1 Å². The van der Waals surface area contributed by atoms with Crippen molar-refractivity contribution in [1.82, 2.24) is 4.90 Å². The normalized spacial score (nSPS) is 17.6. The van der Waals surface area contributed by atoms with E-state index in [1.807, 2.05) is 0 Å². The molecule has 1 rings (SSSR count). The summed E-state index contributed by atoms with van der Waals surface area (Å²) in [4.78, 5) is 23.8. The van der Waals surface area contributed by atoms with Gasteiger partial charge >= 0.3 is 5.97 Å². The van der Waals surface area contributed by atoms with E-state index in [4.69, 9.17) is 0 Å². The number of esters is 1. The maximum Gasteiger partial charge on any atom is 0.366 e. The highest BCUT2D eigenvalue weighted by molar-refractivity contribution is 5.80. The molecule has 0 unspecified atom stereocenters. The van der Waals surface area contributed by atoms with Gasteiger partial charge in [0.1, 0.15) is 0 Å². The lowest BCUT2D eigenvalue weighted by molar-refractivity contribution is -0.408. The number of likely N-dealkylation sites (tertiary alicyclic amines) is 1. The van der Waals surface area contributed by atoms with Gasteiger partial charge in [0.05, 0.1) is 13.7 Å². The van der Waals surface area contributed by atoms with Crippen LogP contribution in [0.1, 0.15) is 12.8 Å². The van der Waals surface area contributed by atoms with E-state index < -0.39 is 6.04 Å². The molecule has 1 saturated heterocycles. The predicted molar refractivity (Wildman–Crippen MR) is 44.5 cm³/mol. The Balaban J connectivity index is 0.00000169. The molecule has 5 nitrogen and oxygen atoms in total. The summed E-state index contributed by atoms with van der Waals surface area (Å²) in [6.07, 6.45) is 1.47. The van der Waals surface area contributed by atoms with Gasteiger partial charge in [-0.2, -0.15) is 0 Å². The highest BCUT2D eigenvalue weighted by Crippen LogP contribution is 2.09. The average molecular weight is 223 g/mol. The van der Waals surface area contributed by atoms with Crippen molar-refractivity contribution in [2.75, 3.05) is 20.2 Å². The number of rotatable bonds is 3. The van der Waals surface area contributed by atoms with Crippen LogP contribution in [0.5, 0.6) is 0 Å². The topological polar surface area (TPSA) is 74.2 Å². The van der Waals surface area contributed by atoms with E-state index in [-0.39, 0.29) is 24.3 Å². The average Bonchev–Trinajstić information content (AvgIpc) is 2.50. The Kier molecular flexibility index (Phi) is 5.49. The van der Waals surface area contributed by atoms with Gasteiger partial charge in [0.15, 0.2) is 0 Å². The maximum absolute atomic E-state index is 11.2. The second-order valence-corrected chi connectivity index (χ2v) is 3.16. The lowest BCUT2D eigenvalue weighted by Crippen LogP contribution is -3.00. The number of hydrogen-bond acceptors (Lipinski definition) is 3. The summed E-state index contributed by atoms with van der Waals surface area (Å²) in [5.41, 5.74) is 3.64. The molecule has 0 radical (unpaired) electrons. The zero-order valence-corrected chi connectivity index (χ0v) is 8.92. The van der Waals surface area contributed by atoms with Crippen molar-refractivity contribution in [3.63, 3.8) is 0 Å². The second-order valence-electron chi connectivity index (χ2n) is 3.16. The van der Waals surface area contributed by atoms with Crippen LogP contribution in [0, 0.1) is 0 Å². The Morgan fingerprint density at radius 2 is 2.36 bits per heavy atom. The van der Waals surface area contributed by atoms with E-state index in [9.17, 15) is 9.59 Å². The monoisotopic (exact) mass is 222 g/mol. The molecule has 6 heteroatoms. The van der Waals surface area contributed by atoms with Gasteiger partial charge < -0.3 is 27.8 Å². The Labute approximate surface area is 89.0 Å². The second kappa shape index (κ2) is 5.82. The van der Waals surface area contributed by atoms with Gasteiger partial charge in [0, 0.05) is 13.0 Å². The van der Waals surface area contributed by atoms with E-state index in [1.54, 1.807) is 4.90 Å². The molecule has 3 N–H and O–H groups in total. The summed E-state index contributed by atoms with van der Waals surface area (Å²) in [5, 5.41) is 0. The molecule has 0 aromatic rings. The van der Waals surface area contributed by atoms with Crippen LogP contribution in [0.15, 0.2) is 0 Å². The number of hydrogen-bond donors (Lipinski definition) is 1. The fraction of sp³-hybridized carbons (Fsp3) is 0.750. The first-order chi connectivity index (χ1) is 6.15. The molecule has 1 heterocycles. The molecule has 0 spiro atoms. The first-order valence-corrected chi connectivity index (χ1v) is 4.34.